The van der Waals surface area contributed by atoms with E-state index in [1.165, 1.54) is 10.8 Å². The molecule has 13 rings (SSSR count). The first-order valence-electron chi connectivity index (χ1n) is 21.2. The first kappa shape index (κ1) is 35.2. The summed E-state index contributed by atoms with van der Waals surface area (Å²) >= 11 is 0. The SMILES string of the molecule is c1ccc(-c2nc(-c3ccccc3)nc(-c3cccc4c5ccc6c7cccc(-c8cccc9c%10ccccc%10n(-c%10ccccc%10)c89)c7oc6c5n(-c5ccccc5)c34)n2)cc1. The van der Waals surface area contributed by atoms with Crippen molar-refractivity contribution in [3.05, 3.63) is 212 Å². The van der Waals surface area contributed by atoms with Crippen LogP contribution in [0, 0.1) is 0 Å². The molecule has 9 aromatic carbocycles. The number of nitrogens with zero attached hydrogens (tertiary/aromatic N) is 5. The van der Waals surface area contributed by atoms with Crippen LogP contribution < -0.4 is 0 Å². The average Bonchev–Trinajstić information content (AvgIpc) is 4.03. The van der Waals surface area contributed by atoms with E-state index in [2.05, 4.69) is 161 Å². The summed E-state index contributed by atoms with van der Waals surface area (Å²) in [7, 11) is 0. The van der Waals surface area contributed by atoms with Gasteiger partial charge in [-0.15, -0.1) is 0 Å². The van der Waals surface area contributed by atoms with E-state index in [1.54, 1.807) is 0 Å². The van der Waals surface area contributed by atoms with E-state index in [-0.39, 0.29) is 0 Å². The van der Waals surface area contributed by atoms with E-state index in [4.69, 9.17) is 19.4 Å². The molecule has 0 aliphatic heterocycles. The second-order valence-electron chi connectivity index (χ2n) is 15.9. The van der Waals surface area contributed by atoms with Crippen LogP contribution in [0.15, 0.2) is 217 Å². The predicted molar refractivity (Wildman–Crippen MR) is 258 cm³/mol. The van der Waals surface area contributed by atoms with Crippen LogP contribution in [0.3, 0.4) is 0 Å². The van der Waals surface area contributed by atoms with Gasteiger partial charge in [-0.2, -0.15) is 0 Å². The van der Waals surface area contributed by atoms with E-state index < -0.39 is 0 Å². The minimum atomic E-state index is 0.596. The summed E-state index contributed by atoms with van der Waals surface area (Å²) in [5.74, 6) is 1.83. The highest BCUT2D eigenvalue weighted by molar-refractivity contribution is 6.24. The standard InChI is InChI=1S/C57H35N5O/c1-5-18-36(19-6-1)55-58-56(37-20-7-2-8-21-37)60-57(59-55)48-32-16-28-42-44-34-35-47-46-31-17-30-45(53(46)63-54(47)52(44)62(51(42)48)39-24-11-4-12-25-39)43-29-15-27-41-40-26-13-14-33-49(40)61(50(41)43)38-22-9-3-10-23-38/h1-35H. The highest BCUT2D eigenvalue weighted by atomic mass is 16.3. The Morgan fingerprint density at radius 3 is 1.40 bits per heavy atom. The molecule has 0 fully saturated rings. The molecule has 63 heavy (non-hydrogen) atoms. The number of furan rings is 1. The minimum Gasteiger partial charge on any atom is -0.453 e. The molecule has 0 unspecified atom stereocenters. The fraction of sp³-hybridized carbons (Fsp3) is 0. The normalized spacial score (nSPS) is 11.8. The fourth-order valence-corrected chi connectivity index (χ4v) is 9.64. The maximum atomic E-state index is 7.34. The zero-order valence-electron chi connectivity index (χ0n) is 33.9. The molecule has 4 heterocycles. The number of fused-ring (bicyclic) bond motifs is 10. The molecular weight excluding hydrogens is 771 g/mol. The number of hydrogen-bond acceptors (Lipinski definition) is 4. The van der Waals surface area contributed by atoms with Gasteiger partial charge >= 0.3 is 0 Å². The van der Waals surface area contributed by atoms with E-state index in [9.17, 15) is 0 Å². The predicted octanol–water partition coefficient (Wildman–Crippen LogP) is 14.6. The molecule has 0 saturated carbocycles. The van der Waals surface area contributed by atoms with Crippen molar-refractivity contribution in [2.45, 2.75) is 0 Å². The smallest absolute Gasteiger partial charge is 0.166 e. The molecule has 0 aliphatic carbocycles. The van der Waals surface area contributed by atoms with Crippen LogP contribution in [0.5, 0.6) is 0 Å². The number of benzene rings is 9. The van der Waals surface area contributed by atoms with E-state index >= 15 is 0 Å². The molecule has 0 saturated heterocycles. The second-order valence-corrected chi connectivity index (χ2v) is 15.9. The molecule has 0 N–H and O–H groups in total. The zero-order valence-corrected chi connectivity index (χ0v) is 33.9. The van der Waals surface area contributed by atoms with Gasteiger partial charge in [-0.1, -0.05) is 170 Å². The van der Waals surface area contributed by atoms with Crippen LogP contribution in [0.4, 0.5) is 0 Å². The van der Waals surface area contributed by atoms with Crippen LogP contribution >= 0.6 is 0 Å². The van der Waals surface area contributed by atoms with Crippen molar-refractivity contribution >= 4 is 65.6 Å². The van der Waals surface area contributed by atoms with Gasteiger partial charge in [0, 0.05) is 71.5 Å². The summed E-state index contributed by atoms with van der Waals surface area (Å²) in [5, 5.41) is 6.68. The third-order valence-corrected chi connectivity index (χ3v) is 12.4. The van der Waals surface area contributed by atoms with Gasteiger partial charge in [0.05, 0.1) is 22.1 Å². The maximum absolute atomic E-state index is 7.34. The molecule has 294 valence electrons. The number of rotatable bonds is 6. The molecule has 0 amide bonds. The molecule has 6 heteroatoms. The molecule has 6 nitrogen and oxygen atoms in total. The van der Waals surface area contributed by atoms with Crippen molar-refractivity contribution in [3.8, 4) is 56.7 Å². The van der Waals surface area contributed by atoms with Crippen molar-refractivity contribution in [1.82, 2.24) is 24.1 Å². The third-order valence-electron chi connectivity index (χ3n) is 12.4. The summed E-state index contributed by atoms with van der Waals surface area (Å²) in [6.45, 7) is 0. The lowest BCUT2D eigenvalue weighted by atomic mass is 9.99. The Hall–Kier alpha value is -8.61. The quantitative estimate of drug-likeness (QED) is 0.168. The summed E-state index contributed by atoms with van der Waals surface area (Å²) in [6.07, 6.45) is 0. The monoisotopic (exact) mass is 805 g/mol. The van der Waals surface area contributed by atoms with Crippen molar-refractivity contribution in [1.29, 1.82) is 0 Å². The molecule has 0 radical (unpaired) electrons. The van der Waals surface area contributed by atoms with E-state index in [0.717, 1.165) is 94.0 Å². The van der Waals surface area contributed by atoms with Crippen LogP contribution in [-0.4, -0.2) is 24.1 Å². The molecular formula is C57H35N5O. The Bertz CT molecular complexity index is 3830. The van der Waals surface area contributed by atoms with Gasteiger partial charge in [-0.3, -0.25) is 0 Å². The second kappa shape index (κ2) is 14.0. The maximum Gasteiger partial charge on any atom is 0.166 e. The lowest BCUT2D eigenvalue weighted by molar-refractivity contribution is 0.672. The Balaban J connectivity index is 1.11. The Morgan fingerprint density at radius 1 is 0.286 bits per heavy atom. The summed E-state index contributed by atoms with van der Waals surface area (Å²) in [5.41, 5.74) is 13.0. The molecule has 0 atom stereocenters. The highest BCUT2D eigenvalue weighted by Gasteiger charge is 2.25. The lowest BCUT2D eigenvalue weighted by Gasteiger charge is -2.12. The Labute approximate surface area is 361 Å². The van der Waals surface area contributed by atoms with Crippen molar-refractivity contribution in [2.24, 2.45) is 0 Å². The highest BCUT2D eigenvalue weighted by Crippen LogP contribution is 2.46. The van der Waals surface area contributed by atoms with Gasteiger partial charge in [-0.25, -0.2) is 15.0 Å². The minimum absolute atomic E-state index is 0.596. The van der Waals surface area contributed by atoms with Crippen LogP contribution in [0.2, 0.25) is 0 Å². The van der Waals surface area contributed by atoms with Gasteiger partial charge in [0.1, 0.15) is 5.58 Å². The van der Waals surface area contributed by atoms with Gasteiger partial charge < -0.3 is 13.6 Å². The Morgan fingerprint density at radius 2 is 0.730 bits per heavy atom. The molecule has 4 aromatic heterocycles. The largest absolute Gasteiger partial charge is 0.453 e. The van der Waals surface area contributed by atoms with Crippen LogP contribution in [0.25, 0.3) is 122 Å². The topological polar surface area (TPSA) is 61.7 Å². The number of para-hydroxylation sites is 6. The molecule has 0 spiro atoms. The lowest BCUT2D eigenvalue weighted by Crippen LogP contribution is -2.02. The Kier molecular flexibility index (Phi) is 7.80. The summed E-state index contributed by atoms with van der Waals surface area (Å²) in [4.78, 5) is 15.4. The van der Waals surface area contributed by atoms with Crippen molar-refractivity contribution in [3.63, 3.8) is 0 Å². The number of hydrogen-bond donors (Lipinski definition) is 0. The zero-order chi connectivity index (χ0) is 41.4. The number of aromatic nitrogens is 5. The van der Waals surface area contributed by atoms with Crippen molar-refractivity contribution < 1.29 is 4.42 Å². The van der Waals surface area contributed by atoms with Crippen molar-refractivity contribution in [2.75, 3.05) is 0 Å². The van der Waals surface area contributed by atoms with Crippen LogP contribution in [0.1, 0.15) is 0 Å². The summed E-state index contributed by atoms with van der Waals surface area (Å²) < 4.78 is 12.1. The average molecular weight is 806 g/mol. The van der Waals surface area contributed by atoms with Gasteiger partial charge in [0.15, 0.2) is 23.1 Å². The van der Waals surface area contributed by atoms with Gasteiger partial charge in [0.25, 0.3) is 0 Å². The van der Waals surface area contributed by atoms with Gasteiger partial charge in [0.2, 0.25) is 0 Å². The first-order chi connectivity index (χ1) is 31.3. The van der Waals surface area contributed by atoms with Crippen LogP contribution in [-0.2, 0) is 0 Å². The van der Waals surface area contributed by atoms with Gasteiger partial charge in [-0.05, 0) is 42.5 Å². The van der Waals surface area contributed by atoms with E-state index in [0.29, 0.717) is 17.5 Å². The third kappa shape index (κ3) is 5.41. The first-order valence-corrected chi connectivity index (χ1v) is 21.2. The fourth-order valence-electron chi connectivity index (χ4n) is 9.64. The summed E-state index contributed by atoms with van der Waals surface area (Å²) in [6, 6.07) is 74.2. The molecule has 0 aliphatic rings. The molecule has 13 aromatic rings. The van der Waals surface area contributed by atoms with E-state index in [1.807, 2.05) is 60.7 Å². The molecule has 0 bridgehead atoms.